The molecule has 5 heteroatoms. The average Bonchev–Trinajstić information content (AvgIpc) is 3.25. The van der Waals surface area contributed by atoms with E-state index in [2.05, 4.69) is 5.32 Å². The maximum atomic E-state index is 11.9. The highest BCUT2D eigenvalue weighted by Crippen LogP contribution is 2.54. The van der Waals surface area contributed by atoms with Crippen molar-refractivity contribution in [3.05, 3.63) is 0 Å². The number of hydrogen-bond donors (Lipinski definition) is 1. The molecule has 2 unspecified atom stereocenters. The van der Waals surface area contributed by atoms with Gasteiger partial charge in [-0.05, 0) is 37.5 Å². The van der Waals surface area contributed by atoms with Crippen molar-refractivity contribution in [3.63, 3.8) is 0 Å². The Kier molecular flexibility index (Phi) is 3.29. The number of carbonyl (C=O) groups excluding carboxylic acids is 3. The summed E-state index contributed by atoms with van der Waals surface area (Å²) in [5, 5.41) is 2.86. The van der Waals surface area contributed by atoms with Gasteiger partial charge in [-0.3, -0.25) is 19.3 Å². The lowest BCUT2D eigenvalue weighted by Gasteiger charge is -2.24. The van der Waals surface area contributed by atoms with Crippen LogP contribution in [0.4, 0.5) is 0 Å². The molecule has 1 N–H and O–H groups in total. The zero-order chi connectivity index (χ0) is 13.4. The van der Waals surface area contributed by atoms with Crippen molar-refractivity contribution in [3.8, 4) is 0 Å². The van der Waals surface area contributed by atoms with E-state index in [0.717, 1.165) is 12.3 Å². The minimum atomic E-state index is -0.104. The second-order valence-corrected chi connectivity index (χ2v) is 5.93. The predicted octanol–water partition coefficient (Wildman–Crippen LogP) is 0.688. The summed E-state index contributed by atoms with van der Waals surface area (Å²) in [6.45, 7) is 0.717. The van der Waals surface area contributed by atoms with Crippen molar-refractivity contribution in [1.29, 1.82) is 0 Å². The van der Waals surface area contributed by atoms with Crippen LogP contribution < -0.4 is 5.32 Å². The fourth-order valence-electron chi connectivity index (χ4n) is 3.03. The molecule has 0 radical (unpaired) electrons. The van der Waals surface area contributed by atoms with Gasteiger partial charge < -0.3 is 5.32 Å². The smallest absolute Gasteiger partial charge is 0.229 e. The van der Waals surface area contributed by atoms with Crippen LogP contribution in [0.2, 0.25) is 0 Å². The number of hydrogen-bond acceptors (Lipinski definition) is 3. The lowest BCUT2D eigenvalue weighted by Crippen LogP contribution is -2.44. The molecule has 0 spiro atoms. The van der Waals surface area contributed by atoms with E-state index in [1.54, 1.807) is 0 Å². The summed E-state index contributed by atoms with van der Waals surface area (Å²) in [7, 11) is 0. The molecule has 1 saturated heterocycles. The summed E-state index contributed by atoms with van der Waals surface area (Å²) in [6.07, 6.45) is 5.15. The van der Waals surface area contributed by atoms with Gasteiger partial charge in [0.15, 0.2) is 0 Å². The van der Waals surface area contributed by atoms with Gasteiger partial charge in [0.25, 0.3) is 0 Å². The number of nitrogens with zero attached hydrogens (tertiary/aromatic N) is 1. The van der Waals surface area contributed by atoms with Crippen LogP contribution in [0.5, 0.6) is 0 Å². The number of imide groups is 1. The van der Waals surface area contributed by atoms with Gasteiger partial charge in [0, 0.05) is 31.8 Å². The van der Waals surface area contributed by atoms with Crippen molar-refractivity contribution in [1.82, 2.24) is 10.2 Å². The van der Waals surface area contributed by atoms with Crippen molar-refractivity contribution in [2.75, 3.05) is 13.1 Å². The number of piperidine rings is 1. The van der Waals surface area contributed by atoms with E-state index < -0.39 is 0 Å². The van der Waals surface area contributed by atoms with E-state index in [-0.39, 0.29) is 23.6 Å². The molecule has 104 valence electrons. The normalized spacial score (nSPS) is 30.4. The summed E-state index contributed by atoms with van der Waals surface area (Å²) < 4.78 is 0. The molecule has 0 aromatic carbocycles. The van der Waals surface area contributed by atoms with Gasteiger partial charge in [0.05, 0.1) is 0 Å². The molecule has 0 aromatic heterocycles. The Morgan fingerprint density at radius 2 is 1.89 bits per heavy atom. The van der Waals surface area contributed by atoms with Gasteiger partial charge in [0.2, 0.25) is 17.7 Å². The Bertz CT molecular complexity index is 401. The Hall–Kier alpha value is -1.39. The minimum Gasteiger partial charge on any atom is -0.354 e. The zero-order valence-corrected chi connectivity index (χ0v) is 11.1. The minimum absolute atomic E-state index is 0.104. The molecule has 1 aliphatic heterocycles. The third kappa shape index (κ3) is 2.80. The van der Waals surface area contributed by atoms with E-state index in [0.29, 0.717) is 38.3 Å². The van der Waals surface area contributed by atoms with E-state index in [1.807, 2.05) is 0 Å². The van der Waals surface area contributed by atoms with E-state index in [1.165, 1.54) is 17.7 Å². The molecule has 0 bridgehead atoms. The molecule has 5 nitrogen and oxygen atoms in total. The second kappa shape index (κ2) is 4.94. The standard InChI is InChI=1S/C14H20N2O3/c17-12-2-1-3-13(18)16(12)7-6-15-14(19)11-8-10(11)9-4-5-9/h9-11H,1-8H2,(H,15,19). The lowest BCUT2D eigenvalue weighted by molar-refractivity contribution is -0.148. The molecule has 19 heavy (non-hydrogen) atoms. The van der Waals surface area contributed by atoms with Crippen molar-refractivity contribution in [2.45, 2.75) is 38.5 Å². The molecule has 1 heterocycles. The number of amides is 3. The van der Waals surface area contributed by atoms with Gasteiger partial charge in [-0.15, -0.1) is 0 Å². The highest BCUT2D eigenvalue weighted by atomic mass is 16.2. The SMILES string of the molecule is O=C(NCCN1C(=O)CCCC1=O)C1CC1C1CC1. The van der Waals surface area contributed by atoms with Gasteiger partial charge in [0.1, 0.15) is 0 Å². The molecule has 3 rings (SSSR count). The van der Waals surface area contributed by atoms with Crippen LogP contribution in [-0.2, 0) is 14.4 Å². The quantitative estimate of drug-likeness (QED) is 0.743. The van der Waals surface area contributed by atoms with E-state index in [9.17, 15) is 14.4 Å². The third-order valence-electron chi connectivity index (χ3n) is 4.42. The Morgan fingerprint density at radius 3 is 2.53 bits per heavy atom. The molecular formula is C14H20N2O3. The number of nitrogens with one attached hydrogen (secondary N) is 1. The van der Waals surface area contributed by atoms with Gasteiger partial charge in [-0.25, -0.2) is 0 Å². The van der Waals surface area contributed by atoms with Crippen LogP contribution in [0.3, 0.4) is 0 Å². The summed E-state index contributed by atoms with van der Waals surface area (Å²) in [5.41, 5.74) is 0. The van der Waals surface area contributed by atoms with E-state index in [4.69, 9.17) is 0 Å². The molecule has 2 aliphatic carbocycles. The van der Waals surface area contributed by atoms with Crippen LogP contribution in [0.1, 0.15) is 38.5 Å². The van der Waals surface area contributed by atoms with E-state index >= 15 is 0 Å². The third-order valence-corrected chi connectivity index (χ3v) is 4.42. The van der Waals surface area contributed by atoms with Crippen molar-refractivity contribution < 1.29 is 14.4 Å². The van der Waals surface area contributed by atoms with Gasteiger partial charge in [-0.1, -0.05) is 0 Å². The molecule has 3 aliphatic rings. The van der Waals surface area contributed by atoms with Crippen LogP contribution in [-0.4, -0.2) is 35.7 Å². The van der Waals surface area contributed by atoms with Crippen LogP contribution in [0, 0.1) is 17.8 Å². The largest absolute Gasteiger partial charge is 0.354 e. The highest BCUT2D eigenvalue weighted by molar-refractivity contribution is 5.97. The number of rotatable bonds is 5. The molecule has 2 saturated carbocycles. The second-order valence-electron chi connectivity index (χ2n) is 5.93. The summed E-state index contributed by atoms with van der Waals surface area (Å²) in [4.78, 5) is 36.3. The summed E-state index contributed by atoms with van der Waals surface area (Å²) in [5.74, 6) is 1.49. The van der Waals surface area contributed by atoms with Crippen molar-refractivity contribution >= 4 is 17.7 Å². The topological polar surface area (TPSA) is 66.5 Å². The summed E-state index contributed by atoms with van der Waals surface area (Å²) in [6, 6.07) is 0. The first kappa shape index (κ1) is 12.6. The lowest BCUT2D eigenvalue weighted by atomic mass is 10.1. The van der Waals surface area contributed by atoms with Gasteiger partial charge >= 0.3 is 0 Å². The molecule has 0 aromatic rings. The molecule has 3 fully saturated rings. The number of likely N-dealkylation sites (tertiary alicyclic amines) is 1. The fourth-order valence-corrected chi connectivity index (χ4v) is 3.03. The average molecular weight is 264 g/mol. The van der Waals surface area contributed by atoms with Gasteiger partial charge in [-0.2, -0.15) is 0 Å². The van der Waals surface area contributed by atoms with Crippen LogP contribution >= 0.6 is 0 Å². The van der Waals surface area contributed by atoms with Crippen molar-refractivity contribution in [2.24, 2.45) is 17.8 Å². The monoisotopic (exact) mass is 264 g/mol. The summed E-state index contributed by atoms with van der Waals surface area (Å²) >= 11 is 0. The predicted molar refractivity (Wildman–Crippen MR) is 67.9 cm³/mol. The molecule has 2 atom stereocenters. The first-order valence-electron chi connectivity index (χ1n) is 7.27. The van der Waals surface area contributed by atoms with Crippen LogP contribution in [0.25, 0.3) is 0 Å². The molecule has 3 amide bonds. The first-order chi connectivity index (χ1) is 9.16. The number of carbonyl (C=O) groups is 3. The maximum absolute atomic E-state index is 11.9. The fraction of sp³-hybridized carbons (Fsp3) is 0.786. The Morgan fingerprint density at radius 1 is 1.21 bits per heavy atom. The highest BCUT2D eigenvalue weighted by Gasteiger charge is 2.50. The zero-order valence-electron chi connectivity index (χ0n) is 11.1. The maximum Gasteiger partial charge on any atom is 0.229 e. The first-order valence-corrected chi connectivity index (χ1v) is 7.27. The Labute approximate surface area is 112 Å². The van der Waals surface area contributed by atoms with Crippen LogP contribution in [0.15, 0.2) is 0 Å². The Balaban J connectivity index is 1.39. The molecular weight excluding hydrogens is 244 g/mol.